The fraction of sp³-hybridized carbons (Fsp3) is 0.625. The maximum Gasteiger partial charge on any atom is 0.119 e. The highest BCUT2D eigenvalue weighted by Crippen LogP contribution is 2.26. The fourth-order valence-corrected chi connectivity index (χ4v) is 2.66. The summed E-state index contributed by atoms with van der Waals surface area (Å²) >= 11 is 0. The number of hydrogen-bond donors (Lipinski definition) is 1. The van der Waals surface area contributed by atoms with Crippen LogP contribution in [0.25, 0.3) is 0 Å². The molecular formula is C16H25NO. The van der Waals surface area contributed by atoms with E-state index in [9.17, 15) is 0 Å². The molecule has 1 aromatic carbocycles. The fourth-order valence-electron chi connectivity index (χ4n) is 2.66. The van der Waals surface area contributed by atoms with E-state index in [1.165, 1.54) is 37.7 Å². The second-order valence-corrected chi connectivity index (χ2v) is 5.43. The van der Waals surface area contributed by atoms with E-state index >= 15 is 0 Å². The summed E-state index contributed by atoms with van der Waals surface area (Å²) in [6.07, 6.45) is 7.78. The molecular weight excluding hydrogens is 222 g/mol. The zero-order valence-corrected chi connectivity index (χ0v) is 11.4. The lowest BCUT2D eigenvalue weighted by Gasteiger charge is -2.15. The van der Waals surface area contributed by atoms with Crippen molar-refractivity contribution in [1.29, 1.82) is 0 Å². The number of nitrogens with two attached hydrogens (primary N) is 1. The molecule has 1 saturated carbocycles. The van der Waals surface area contributed by atoms with Gasteiger partial charge >= 0.3 is 0 Å². The Labute approximate surface area is 111 Å². The van der Waals surface area contributed by atoms with Crippen LogP contribution in [0.5, 0.6) is 5.75 Å². The highest BCUT2D eigenvalue weighted by atomic mass is 16.5. The van der Waals surface area contributed by atoms with Crippen LogP contribution in [0.4, 0.5) is 0 Å². The molecule has 2 heteroatoms. The molecule has 1 aromatic rings. The van der Waals surface area contributed by atoms with Gasteiger partial charge in [-0.15, -0.1) is 0 Å². The van der Waals surface area contributed by atoms with Gasteiger partial charge in [0.2, 0.25) is 0 Å². The molecule has 0 spiro atoms. The molecule has 1 aliphatic rings. The highest BCUT2D eigenvalue weighted by molar-refractivity contribution is 5.29. The van der Waals surface area contributed by atoms with E-state index in [2.05, 4.69) is 31.2 Å². The van der Waals surface area contributed by atoms with Crippen molar-refractivity contribution in [2.45, 2.75) is 57.5 Å². The summed E-state index contributed by atoms with van der Waals surface area (Å²) in [6.45, 7) is 3.05. The third kappa shape index (κ3) is 3.74. The Morgan fingerprint density at radius 3 is 2.50 bits per heavy atom. The van der Waals surface area contributed by atoms with Gasteiger partial charge in [0.1, 0.15) is 5.75 Å². The molecule has 18 heavy (non-hydrogen) atoms. The standard InChI is InChI=1S/C16H25NO/c1-13(5-4-12-17)14-8-10-16(11-9-14)18-15-6-2-3-7-15/h8-11,13,15H,2-7,12,17H2,1H3. The minimum atomic E-state index is 0.450. The molecule has 0 aromatic heterocycles. The molecule has 0 bridgehead atoms. The Kier molecular flexibility index (Phi) is 5.06. The van der Waals surface area contributed by atoms with Crippen LogP contribution in [-0.2, 0) is 0 Å². The molecule has 2 N–H and O–H groups in total. The van der Waals surface area contributed by atoms with Crippen molar-refractivity contribution in [3.63, 3.8) is 0 Å². The molecule has 2 rings (SSSR count). The van der Waals surface area contributed by atoms with Crippen molar-refractivity contribution < 1.29 is 4.74 Å². The lowest BCUT2D eigenvalue weighted by Crippen LogP contribution is -2.10. The molecule has 1 unspecified atom stereocenters. The summed E-state index contributed by atoms with van der Waals surface area (Å²) in [5.41, 5.74) is 6.94. The maximum atomic E-state index is 5.97. The predicted molar refractivity (Wildman–Crippen MR) is 76.0 cm³/mol. The molecule has 0 saturated heterocycles. The average molecular weight is 247 g/mol. The van der Waals surface area contributed by atoms with E-state index in [1.54, 1.807) is 0 Å². The molecule has 100 valence electrons. The molecule has 0 radical (unpaired) electrons. The number of hydrogen-bond acceptors (Lipinski definition) is 2. The van der Waals surface area contributed by atoms with Crippen LogP contribution in [0.1, 0.15) is 56.9 Å². The first-order valence-electron chi connectivity index (χ1n) is 7.26. The van der Waals surface area contributed by atoms with Crippen molar-refractivity contribution in [2.75, 3.05) is 6.54 Å². The summed E-state index contributed by atoms with van der Waals surface area (Å²) in [5, 5.41) is 0. The van der Waals surface area contributed by atoms with E-state index < -0.39 is 0 Å². The van der Waals surface area contributed by atoms with Crippen LogP contribution >= 0.6 is 0 Å². The Morgan fingerprint density at radius 2 is 1.89 bits per heavy atom. The van der Waals surface area contributed by atoms with Gasteiger partial charge in [-0.25, -0.2) is 0 Å². The van der Waals surface area contributed by atoms with Gasteiger partial charge in [0, 0.05) is 0 Å². The normalized spacial score (nSPS) is 17.9. The third-order valence-electron chi connectivity index (χ3n) is 3.90. The van der Waals surface area contributed by atoms with Gasteiger partial charge in [-0.1, -0.05) is 19.1 Å². The molecule has 1 fully saturated rings. The van der Waals surface area contributed by atoms with E-state index in [0.717, 1.165) is 18.7 Å². The monoisotopic (exact) mass is 247 g/mol. The minimum absolute atomic E-state index is 0.450. The van der Waals surface area contributed by atoms with E-state index in [1.807, 2.05) is 0 Å². The van der Waals surface area contributed by atoms with Crippen LogP contribution in [0, 0.1) is 0 Å². The smallest absolute Gasteiger partial charge is 0.119 e. The Morgan fingerprint density at radius 1 is 1.22 bits per heavy atom. The van der Waals surface area contributed by atoms with Crippen LogP contribution in [-0.4, -0.2) is 12.6 Å². The zero-order valence-electron chi connectivity index (χ0n) is 11.4. The van der Waals surface area contributed by atoms with Crippen LogP contribution in [0.2, 0.25) is 0 Å². The maximum absolute atomic E-state index is 5.97. The Bertz CT molecular complexity index is 341. The van der Waals surface area contributed by atoms with Crippen LogP contribution in [0.15, 0.2) is 24.3 Å². The van der Waals surface area contributed by atoms with Crippen molar-refractivity contribution in [1.82, 2.24) is 0 Å². The second-order valence-electron chi connectivity index (χ2n) is 5.43. The predicted octanol–water partition coefficient (Wildman–Crippen LogP) is 3.85. The van der Waals surface area contributed by atoms with Gasteiger partial charge in [0.25, 0.3) is 0 Å². The van der Waals surface area contributed by atoms with Crippen LogP contribution in [0.3, 0.4) is 0 Å². The summed E-state index contributed by atoms with van der Waals surface area (Å²) in [5.74, 6) is 1.62. The first kappa shape index (κ1) is 13.4. The second kappa shape index (κ2) is 6.79. The summed E-state index contributed by atoms with van der Waals surface area (Å²) in [7, 11) is 0. The Hall–Kier alpha value is -1.02. The van der Waals surface area contributed by atoms with Gasteiger partial charge in [0.05, 0.1) is 6.10 Å². The van der Waals surface area contributed by atoms with E-state index in [4.69, 9.17) is 10.5 Å². The minimum Gasteiger partial charge on any atom is -0.490 e. The van der Waals surface area contributed by atoms with Gasteiger partial charge < -0.3 is 10.5 Å². The quantitative estimate of drug-likeness (QED) is 0.828. The number of benzene rings is 1. The number of rotatable bonds is 6. The van der Waals surface area contributed by atoms with E-state index in [-0.39, 0.29) is 0 Å². The first-order valence-corrected chi connectivity index (χ1v) is 7.26. The topological polar surface area (TPSA) is 35.2 Å². The SMILES string of the molecule is CC(CCCN)c1ccc(OC2CCCC2)cc1. The summed E-state index contributed by atoms with van der Waals surface area (Å²) in [4.78, 5) is 0. The molecule has 2 nitrogen and oxygen atoms in total. The largest absolute Gasteiger partial charge is 0.490 e. The van der Waals surface area contributed by atoms with Crippen molar-refractivity contribution in [2.24, 2.45) is 5.73 Å². The van der Waals surface area contributed by atoms with E-state index in [0.29, 0.717) is 12.0 Å². The van der Waals surface area contributed by atoms with Gasteiger partial charge in [-0.2, -0.15) is 0 Å². The zero-order chi connectivity index (χ0) is 12.8. The summed E-state index contributed by atoms with van der Waals surface area (Å²) in [6, 6.07) is 8.64. The third-order valence-corrected chi connectivity index (χ3v) is 3.90. The van der Waals surface area contributed by atoms with Gasteiger partial charge in [0.15, 0.2) is 0 Å². The molecule has 0 heterocycles. The lowest BCUT2D eigenvalue weighted by atomic mass is 9.96. The van der Waals surface area contributed by atoms with Gasteiger partial charge in [-0.05, 0) is 68.7 Å². The van der Waals surface area contributed by atoms with Gasteiger partial charge in [-0.3, -0.25) is 0 Å². The average Bonchev–Trinajstić information content (AvgIpc) is 2.89. The first-order chi connectivity index (χ1) is 8.79. The van der Waals surface area contributed by atoms with Crippen molar-refractivity contribution >= 4 is 0 Å². The summed E-state index contributed by atoms with van der Waals surface area (Å²) < 4.78 is 5.97. The Balaban J connectivity index is 1.88. The molecule has 0 amide bonds. The lowest BCUT2D eigenvalue weighted by molar-refractivity contribution is 0.210. The van der Waals surface area contributed by atoms with Crippen LogP contribution < -0.4 is 10.5 Å². The van der Waals surface area contributed by atoms with Crippen molar-refractivity contribution in [3.8, 4) is 5.75 Å². The number of ether oxygens (including phenoxy) is 1. The molecule has 0 aliphatic heterocycles. The van der Waals surface area contributed by atoms with Crippen molar-refractivity contribution in [3.05, 3.63) is 29.8 Å². The molecule has 1 aliphatic carbocycles. The molecule has 1 atom stereocenters. The highest BCUT2D eigenvalue weighted by Gasteiger charge is 2.16.